The normalized spacial score (nSPS) is 13.9. The second-order valence-electron chi connectivity index (χ2n) is 7.11. The Kier molecular flexibility index (Phi) is 5.31. The van der Waals surface area contributed by atoms with Crippen molar-refractivity contribution < 1.29 is 9.59 Å². The lowest BCUT2D eigenvalue weighted by molar-refractivity contribution is 0.0679. The van der Waals surface area contributed by atoms with Crippen LogP contribution < -0.4 is 4.80 Å². The van der Waals surface area contributed by atoms with E-state index in [1.807, 2.05) is 58.5 Å². The number of aromatic nitrogens is 1. The number of rotatable bonds is 5. The Morgan fingerprint density at radius 1 is 0.781 bits per heavy atom. The lowest BCUT2D eigenvalue weighted by atomic mass is 10.1. The van der Waals surface area contributed by atoms with Gasteiger partial charge in [-0.15, -0.1) is 16.4 Å². The van der Waals surface area contributed by atoms with Crippen LogP contribution in [0, 0.1) is 0 Å². The number of fused-ring (bicyclic) bond motifs is 1. The highest BCUT2D eigenvalue weighted by Gasteiger charge is 2.34. The third-order valence-corrected chi connectivity index (χ3v) is 5.98. The Balaban J connectivity index is 1.45. The van der Waals surface area contributed by atoms with Gasteiger partial charge in [0.25, 0.3) is 11.8 Å². The van der Waals surface area contributed by atoms with Crippen LogP contribution in [0.3, 0.4) is 0 Å². The van der Waals surface area contributed by atoms with E-state index in [1.54, 1.807) is 24.3 Å². The van der Waals surface area contributed by atoms with E-state index in [2.05, 4.69) is 22.3 Å². The van der Waals surface area contributed by atoms with Crippen LogP contribution in [0.15, 0.2) is 101 Å². The van der Waals surface area contributed by atoms with Gasteiger partial charge in [-0.2, -0.15) is 5.10 Å². The van der Waals surface area contributed by atoms with Gasteiger partial charge < -0.3 is 0 Å². The van der Waals surface area contributed by atoms with E-state index in [-0.39, 0.29) is 18.4 Å². The van der Waals surface area contributed by atoms with Crippen LogP contribution in [-0.2, 0) is 0 Å². The van der Waals surface area contributed by atoms with E-state index in [0.29, 0.717) is 15.9 Å². The highest BCUT2D eigenvalue weighted by atomic mass is 32.1. The standard InChI is InChI=1S/C25H18N4O2S/c30-23-20-13-7-8-14-21(20)24(31)28(23)16-15-26-27-25-29(19-11-5-2-6-12-19)22(17-32-25)18-9-3-1-4-10-18/h1-15,17H,16H2/b26-15+,27-25-. The SMILES string of the molecule is O=C1c2ccccc2C(=O)N1C/C=N/N=c1\scc(-c2ccccc2)n1-c1ccccc1. The smallest absolute Gasteiger partial charge is 0.261 e. The topological polar surface area (TPSA) is 67.0 Å². The van der Waals surface area contributed by atoms with Crippen LogP contribution in [0.4, 0.5) is 0 Å². The minimum Gasteiger partial charge on any atom is -0.284 e. The van der Waals surface area contributed by atoms with Crippen molar-refractivity contribution in [1.82, 2.24) is 9.47 Å². The molecular formula is C25H18N4O2S. The summed E-state index contributed by atoms with van der Waals surface area (Å²) in [6.07, 6.45) is 1.49. The van der Waals surface area contributed by atoms with Gasteiger partial charge in [-0.05, 0) is 29.8 Å². The number of carbonyl (C=O) groups excluding carboxylic acids is 2. The molecule has 5 rings (SSSR count). The maximum Gasteiger partial charge on any atom is 0.261 e. The predicted molar refractivity (Wildman–Crippen MR) is 125 cm³/mol. The molecule has 2 amide bonds. The molecule has 0 spiro atoms. The zero-order valence-corrected chi connectivity index (χ0v) is 17.8. The molecule has 156 valence electrons. The van der Waals surface area contributed by atoms with Gasteiger partial charge in [0.2, 0.25) is 4.80 Å². The molecule has 1 aromatic heterocycles. The van der Waals surface area contributed by atoms with Crippen LogP contribution in [0.5, 0.6) is 0 Å². The summed E-state index contributed by atoms with van der Waals surface area (Å²) in [4.78, 5) is 26.8. The highest BCUT2D eigenvalue weighted by Crippen LogP contribution is 2.23. The summed E-state index contributed by atoms with van der Waals surface area (Å²) in [5, 5.41) is 10.6. The van der Waals surface area contributed by atoms with Gasteiger partial charge in [0.05, 0.1) is 23.4 Å². The molecule has 7 heteroatoms. The maximum absolute atomic E-state index is 12.5. The zero-order valence-electron chi connectivity index (χ0n) is 17.0. The van der Waals surface area contributed by atoms with Gasteiger partial charge in [-0.25, -0.2) is 0 Å². The zero-order chi connectivity index (χ0) is 21.9. The Morgan fingerprint density at radius 3 is 2.03 bits per heavy atom. The fourth-order valence-electron chi connectivity index (χ4n) is 3.63. The van der Waals surface area contributed by atoms with Gasteiger partial charge in [0, 0.05) is 17.3 Å². The minimum atomic E-state index is -0.307. The molecule has 32 heavy (non-hydrogen) atoms. The quantitative estimate of drug-likeness (QED) is 0.264. The lowest BCUT2D eigenvalue weighted by Gasteiger charge is -2.09. The van der Waals surface area contributed by atoms with Crippen molar-refractivity contribution in [3.63, 3.8) is 0 Å². The Bertz CT molecular complexity index is 1350. The molecule has 0 bridgehead atoms. The van der Waals surface area contributed by atoms with E-state index in [4.69, 9.17) is 0 Å². The van der Waals surface area contributed by atoms with Crippen molar-refractivity contribution in [3.05, 3.63) is 106 Å². The number of carbonyl (C=O) groups is 2. The van der Waals surface area contributed by atoms with Crippen LogP contribution in [0.25, 0.3) is 16.9 Å². The molecule has 0 unspecified atom stereocenters. The molecule has 0 radical (unpaired) electrons. The molecule has 4 aromatic rings. The van der Waals surface area contributed by atoms with Crippen molar-refractivity contribution in [3.8, 4) is 16.9 Å². The van der Waals surface area contributed by atoms with Crippen LogP contribution in [0.1, 0.15) is 20.7 Å². The van der Waals surface area contributed by atoms with Crippen molar-refractivity contribution >= 4 is 29.4 Å². The number of hydrogen-bond acceptors (Lipinski definition) is 5. The molecule has 0 saturated carbocycles. The number of thiazole rings is 1. The summed E-state index contributed by atoms with van der Waals surface area (Å²) in [5.41, 5.74) is 3.91. The number of imide groups is 1. The van der Waals surface area contributed by atoms with E-state index in [9.17, 15) is 9.59 Å². The van der Waals surface area contributed by atoms with Gasteiger partial charge in [0.1, 0.15) is 0 Å². The van der Waals surface area contributed by atoms with Gasteiger partial charge in [-0.1, -0.05) is 60.7 Å². The summed E-state index contributed by atoms with van der Waals surface area (Å²) in [6, 6.07) is 26.9. The first-order chi connectivity index (χ1) is 15.7. The van der Waals surface area contributed by atoms with Gasteiger partial charge in [-0.3, -0.25) is 19.1 Å². The number of nitrogens with zero attached hydrogens (tertiary/aromatic N) is 4. The molecule has 0 saturated heterocycles. The molecule has 1 aliphatic heterocycles. The largest absolute Gasteiger partial charge is 0.284 e. The van der Waals surface area contributed by atoms with E-state index < -0.39 is 0 Å². The summed E-state index contributed by atoms with van der Waals surface area (Å²) in [6.45, 7) is 0.0676. The van der Waals surface area contributed by atoms with E-state index >= 15 is 0 Å². The second kappa shape index (κ2) is 8.56. The predicted octanol–water partition coefficient (Wildman–Crippen LogP) is 4.39. The third kappa shape index (κ3) is 3.59. The number of amides is 2. The molecule has 0 aliphatic carbocycles. The monoisotopic (exact) mass is 438 g/mol. The summed E-state index contributed by atoms with van der Waals surface area (Å²) in [5.74, 6) is -0.613. The first-order valence-electron chi connectivity index (χ1n) is 10.1. The molecule has 2 heterocycles. The number of hydrogen-bond donors (Lipinski definition) is 0. The van der Waals surface area contributed by atoms with Crippen molar-refractivity contribution in [2.75, 3.05) is 6.54 Å². The first kappa shape index (κ1) is 19.8. The summed E-state index contributed by atoms with van der Waals surface area (Å²) in [7, 11) is 0. The fraction of sp³-hybridized carbons (Fsp3) is 0.0400. The average molecular weight is 439 g/mol. The molecular weight excluding hydrogens is 420 g/mol. The van der Waals surface area contributed by atoms with Crippen LogP contribution in [0.2, 0.25) is 0 Å². The van der Waals surface area contributed by atoms with Crippen LogP contribution in [-0.4, -0.2) is 34.0 Å². The number of benzene rings is 3. The molecule has 6 nitrogen and oxygen atoms in total. The molecule has 3 aromatic carbocycles. The summed E-state index contributed by atoms with van der Waals surface area (Å²) < 4.78 is 2.04. The van der Waals surface area contributed by atoms with Crippen molar-refractivity contribution in [1.29, 1.82) is 0 Å². The minimum absolute atomic E-state index is 0.0676. The Hall–Kier alpha value is -4.10. The van der Waals surface area contributed by atoms with Crippen molar-refractivity contribution in [2.45, 2.75) is 0 Å². The molecule has 0 atom stereocenters. The third-order valence-electron chi connectivity index (χ3n) is 5.16. The summed E-state index contributed by atoms with van der Waals surface area (Å²) >= 11 is 1.47. The highest BCUT2D eigenvalue weighted by molar-refractivity contribution is 7.07. The molecule has 0 N–H and O–H groups in total. The molecule has 0 fully saturated rings. The van der Waals surface area contributed by atoms with Crippen molar-refractivity contribution in [2.24, 2.45) is 10.2 Å². The first-order valence-corrected chi connectivity index (χ1v) is 10.9. The van der Waals surface area contributed by atoms with Gasteiger partial charge in [0.15, 0.2) is 0 Å². The Morgan fingerprint density at radius 2 is 1.38 bits per heavy atom. The fourth-order valence-corrected chi connectivity index (χ4v) is 4.49. The maximum atomic E-state index is 12.5. The van der Waals surface area contributed by atoms with E-state index in [0.717, 1.165) is 16.9 Å². The van der Waals surface area contributed by atoms with Gasteiger partial charge >= 0.3 is 0 Å². The Labute approximate surface area is 188 Å². The lowest BCUT2D eigenvalue weighted by Crippen LogP contribution is -2.31. The number of para-hydroxylation sites is 1. The average Bonchev–Trinajstić information content (AvgIpc) is 3.38. The molecule has 1 aliphatic rings. The second-order valence-corrected chi connectivity index (χ2v) is 7.94. The van der Waals surface area contributed by atoms with E-state index in [1.165, 1.54) is 22.5 Å². The van der Waals surface area contributed by atoms with Crippen LogP contribution >= 0.6 is 11.3 Å².